The number of nitrogens with two attached hydrogens (primary N) is 3. The van der Waals surface area contributed by atoms with Gasteiger partial charge in [0.15, 0.2) is 12.0 Å². The number of primary amides is 2. The standard InChI is InChI=1S/C44H36F2N8O5/c1-23-15-29(5-9-31(23)42(40(49)57)13-11-27-17-25(20-47)3-7-33(27)42)37(45)54-38(55)35-19-36(53-22-52-35)39(56)59-44(46,51)30-6-10-32(24(2)16-30)43(41(50)58)14-12-28-18-26(21-48)4-8-34(28)43/h3-10,15-19,22,37H,11-14,51H2,1-2H3,(H2,49,57)(H2,50,58)(H,54,55). The van der Waals surface area contributed by atoms with Crippen molar-refractivity contribution in [2.24, 2.45) is 17.2 Å². The maximum Gasteiger partial charge on any atom is 0.361 e. The summed E-state index contributed by atoms with van der Waals surface area (Å²) in [6.45, 7) is 3.32. The van der Waals surface area contributed by atoms with Crippen LogP contribution in [0.1, 0.15) is 107 Å². The van der Waals surface area contributed by atoms with E-state index in [1.54, 1.807) is 56.3 Å². The highest BCUT2D eigenvalue weighted by molar-refractivity contribution is 5.96. The van der Waals surface area contributed by atoms with Gasteiger partial charge in [-0.15, -0.1) is 0 Å². The van der Waals surface area contributed by atoms with Gasteiger partial charge in [0.2, 0.25) is 11.8 Å². The Morgan fingerprint density at radius 3 is 1.78 bits per heavy atom. The fourth-order valence-corrected chi connectivity index (χ4v) is 8.61. The molecule has 0 saturated heterocycles. The van der Waals surface area contributed by atoms with Gasteiger partial charge < -0.3 is 21.5 Å². The Balaban J connectivity index is 1.06. The minimum Gasteiger partial charge on any atom is -0.406 e. The summed E-state index contributed by atoms with van der Waals surface area (Å²) in [7, 11) is 0. The second-order valence-electron chi connectivity index (χ2n) is 14.8. The number of nitrogens with zero attached hydrogens (tertiary/aromatic N) is 4. The molecule has 3 amide bonds. The number of esters is 1. The van der Waals surface area contributed by atoms with Crippen LogP contribution >= 0.6 is 0 Å². The Kier molecular flexibility index (Phi) is 10.0. The number of alkyl halides is 2. The minimum absolute atomic E-state index is 0.0460. The van der Waals surface area contributed by atoms with E-state index in [4.69, 9.17) is 21.9 Å². The number of benzene rings is 4. The van der Waals surface area contributed by atoms with E-state index in [9.17, 15) is 29.7 Å². The predicted molar refractivity (Wildman–Crippen MR) is 207 cm³/mol. The average molecular weight is 795 g/mol. The molecule has 2 aliphatic carbocycles. The molecular weight excluding hydrogens is 759 g/mol. The molecule has 4 aromatic carbocycles. The zero-order valence-electron chi connectivity index (χ0n) is 31.8. The predicted octanol–water partition coefficient (Wildman–Crippen LogP) is 4.57. The molecule has 5 aromatic rings. The van der Waals surface area contributed by atoms with Crippen molar-refractivity contribution in [1.82, 2.24) is 15.3 Å². The number of carbonyl (C=O) groups is 4. The highest BCUT2D eigenvalue weighted by Crippen LogP contribution is 2.47. The molecule has 4 atom stereocenters. The molecule has 0 bridgehead atoms. The van der Waals surface area contributed by atoms with Crippen LogP contribution in [0.2, 0.25) is 0 Å². The lowest BCUT2D eigenvalue weighted by atomic mass is 9.72. The number of ether oxygens (including phenoxy) is 1. The van der Waals surface area contributed by atoms with Crippen molar-refractivity contribution < 1.29 is 32.7 Å². The first kappa shape index (κ1) is 39.9. The maximum absolute atomic E-state index is 16.0. The van der Waals surface area contributed by atoms with E-state index in [0.29, 0.717) is 70.2 Å². The first-order valence-corrected chi connectivity index (χ1v) is 18.4. The number of rotatable bonds is 10. The lowest BCUT2D eigenvalue weighted by Gasteiger charge is -2.30. The van der Waals surface area contributed by atoms with Gasteiger partial charge in [0, 0.05) is 17.2 Å². The van der Waals surface area contributed by atoms with Crippen molar-refractivity contribution in [2.45, 2.75) is 62.6 Å². The zero-order chi connectivity index (χ0) is 42.4. The van der Waals surface area contributed by atoms with Gasteiger partial charge in [0.05, 0.1) is 34.1 Å². The van der Waals surface area contributed by atoms with Crippen LogP contribution in [0.25, 0.3) is 0 Å². The van der Waals surface area contributed by atoms with Crippen molar-refractivity contribution in [3.8, 4) is 12.1 Å². The highest BCUT2D eigenvalue weighted by Gasteiger charge is 2.48. The molecule has 15 heteroatoms. The van der Waals surface area contributed by atoms with Crippen LogP contribution in [0.5, 0.6) is 0 Å². The van der Waals surface area contributed by atoms with Gasteiger partial charge in [-0.05, 0) is 114 Å². The fraction of sp³-hybridized carbons (Fsp3) is 0.227. The van der Waals surface area contributed by atoms with Crippen molar-refractivity contribution >= 4 is 23.7 Å². The number of hydrogen-bond acceptors (Lipinski definition) is 10. The number of aryl methyl sites for hydroxylation is 4. The largest absolute Gasteiger partial charge is 0.406 e. The van der Waals surface area contributed by atoms with Crippen LogP contribution in [0.15, 0.2) is 85.2 Å². The Hall–Kier alpha value is -7.36. The van der Waals surface area contributed by atoms with Gasteiger partial charge in [-0.25, -0.2) is 19.2 Å². The van der Waals surface area contributed by atoms with Gasteiger partial charge in [0.25, 0.3) is 5.91 Å². The molecule has 13 nitrogen and oxygen atoms in total. The summed E-state index contributed by atoms with van der Waals surface area (Å²) < 4.78 is 36.6. The Morgan fingerprint density at radius 2 is 1.27 bits per heavy atom. The molecule has 296 valence electrons. The molecule has 1 aromatic heterocycles. The number of hydrogen-bond donors (Lipinski definition) is 4. The number of carbonyl (C=O) groups excluding carboxylic acids is 4. The highest BCUT2D eigenvalue weighted by atomic mass is 19.2. The average Bonchev–Trinajstić information content (AvgIpc) is 3.80. The van der Waals surface area contributed by atoms with Crippen LogP contribution in [-0.2, 0) is 44.0 Å². The van der Waals surface area contributed by atoms with Crippen LogP contribution < -0.4 is 22.5 Å². The summed E-state index contributed by atoms with van der Waals surface area (Å²) in [4.78, 5) is 59.9. The normalized spacial score (nSPS) is 19.2. The lowest BCUT2D eigenvalue weighted by molar-refractivity contribution is -0.122. The van der Waals surface area contributed by atoms with E-state index in [-0.39, 0.29) is 11.1 Å². The SMILES string of the molecule is Cc1cc(C(F)NC(=O)c2cc(C(=O)OC(N)(F)c3ccc(C4(C(N)=O)CCc5cc(C#N)ccc54)c(C)c3)ncn2)ccc1C1(C(N)=O)CCc2cc(C#N)ccc21. The van der Waals surface area contributed by atoms with Crippen molar-refractivity contribution in [3.63, 3.8) is 0 Å². The van der Waals surface area contributed by atoms with E-state index >= 15 is 8.78 Å². The lowest BCUT2D eigenvalue weighted by Crippen LogP contribution is -2.41. The van der Waals surface area contributed by atoms with Crippen LogP contribution in [0.4, 0.5) is 8.78 Å². The third kappa shape index (κ3) is 6.71. The molecule has 1 heterocycles. The van der Waals surface area contributed by atoms with E-state index in [1.807, 2.05) is 0 Å². The molecule has 0 radical (unpaired) electrons. The summed E-state index contributed by atoms with van der Waals surface area (Å²) in [6.07, 6.45) is 0.461. The molecule has 7 rings (SSSR count). The minimum atomic E-state index is -3.20. The molecule has 0 aliphatic heterocycles. The molecule has 0 spiro atoms. The monoisotopic (exact) mass is 794 g/mol. The summed E-state index contributed by atoms with van der Waals surface area (Å²) >= 11 is 0. The van der Waals surface area contributed by atoms with Gasteiger partial charge in [-0.2, -0.15) is 14.9 Å². The molecule has 59 heavy (non-hydrogen) atoms. The van der Waals surface area contributed by atoms with E-state index < -0.39 is 58.2 Å². The number of fused-ring (bicyclic) bond motifs is 2. The molecule has 4 unspecified atom stereocenters. The molecule has 0 saturated carbocycles. The number of aromatic nitrogens is 2. The Morgan fingerprint density at radius 1 is 0.763 bits per heavy atom. The topological polar surface area (TPSA) is 241 Å². The first-order chi connectivity index (χ1) is 28.0. The molecule has 2 aliphatic rings. The second-order valence-corrected chi connectivity index (χ2v) is 14.8. The molecule has 0 fully saturated rings. The summed E-state index contributed by atoms with van der Waals surface area (Å²) in [5.41, 5.74) is 20.0. The van der Waals surface area contributed by atoms with Crippen LogP contribution in [-0.4, -0.2) is 33.7 Å². The van der Waals surface area contributed by atoms with Crippen LogP contribution in [0.3, 0.4) is 0 Å². The van der Waals surface area contributed by atoms with Gasteiger partial charge in [-0.1, -0.05) is 42.5 Å². The maximum atomic E-state index is 16.0. The smallest absolute Gasteiger partial charge is 0.361 e. The van der Waals surface area contributed by atoms with Gasteiger partial charge in [0.1, 0.15) is 12.0 Å². The number of halogens is 2. The Labute approximate surface area is 336 Å². The van der Waals surface area contributed by atoms with Gasteiger partial charge in [-0.3, -0.25) is 20.1 Å². The summed E-state index contributed by atoms with van der Waals surface area (Å²) in [5, 5.41) is 20.8. The van der Waals surface area contributed by atoms with Gasteiger partial charge >= 0.3 is 11.9 Å². The van der Waals surface area contributed by atoms with E-state index in [0.717, 1.165) is 23.5 Å². The fourth-order valence-electron chi connectivity index (χ4n) is 8.61. The molecular formula is C44H36F2N8O5. The van der Waals surface area contributed by atoms with E-state index in [2.05, 4.69) is 27.4 Å². The zero-order valence-corrected chi connectivity index (χ0v) is 31.8. The van der Waals surface area contributed by atoms with Crippen molar-refractivity contribution in [3.05, 3.63) is 163 Å². The molecule has 7 N–H and O–H groups in total. The first-order valence-electron chi connectivity index (χ1n) is 18.4. The third-order valence-electron chi connectivity index (χ3n) is 11.5. The number of amides is 3. The third-order valence-corrected chi connectivity index (χ3v) is 11.5. The second kappa shape index (κ2) is 14.9. The number of nitriles is 2. The number of nitrogens with one attached hydrogen (secondary N) is 1. The quantitative estimate of drug-likeness (QED) is 0.0872. The van der Waals surface area contributed by atoms with Crippen molar-refractivity contribution in [2.75, 3.05) is 0 Å². The summed E-state index contributed by atoms with van der Waals surface area (Å²) in [6, 6.07) is 23.7. The summed E-state index contributed by atoms with van der Waals surface area (Å²) in [5.74, 6) is -6.81. The van der Waals surface area contributed by atoms with Crippen molar-refractivity contribution in [1.29, 1.82) is 10.5 Å². The Bertz CT molecular complexity index is 2710. The van der Waals surface area contributed by atoms with Crippen LogP contribution in [0, 0.1) is 36.5 Å². The van der Waals surface area contributed by atoms with E-state index in [1.165, 1.54) is 30.3 Å².